The minimum Gasteiger partial charge on any atom is -0.385 e. The van der Waals surface area contributed by atoms with E-state index in [4.69, 9.17) is 9.47 Å². The number of piperazine rings is 1. The molecule has 0 unspecified atom stereocenters. The number of nitrogens with zero attached hydrogens (tertiary/aromatic N) is 4. The number of carbonyl (C=O) groups is 2. The lowest BCUT2D eigenvalue weighted by atomic mass is 10.3. The molecule has 8 heteroatoms. The lowest BCUT2D eigenvalue weighted by Crippen LogP contribution is -2.53. The third-order valence-electron chi connectivity index (χ3n) is 4.57. The maximum Gasteiger partial charge on any atom is 0.236 e. The molecule has 0 aliphatic carbocycles. The fourth-order valence-electron chi connectivity index (χ4n) is 2.98. The highest BCUT2D eigenvalue weighted by Gasteiger charge is 2.24. The Morgan fingerprint density at radius 3 is 1.42 bits per heavy atom. The molecule has 2 amide bonds. The van der Waals surface area contributed by atoms with E-state index in [2.05, 4.69) is 0 Å². The van der Waals surface area contributed by atoms with Crippen molar-refractivity contribution < 1.29 is 19.1 Å². The summed E-state index contributed by atoms with van der Waals surface area (Å²) in [6, 6.07) is 0. The first-order chi connectivity index (χ1) is 12.5. The van der Waals surface area contributed by atoms with Crippen molar-refractivity contribution in [1.29, 1.82) is 0 Å². The summed E-state index contributed by atoms with van der Waals surface area (Å²) < 4.78 is 10.1. The molecule has 26 heavy (non-hydrogen) atoms. The smallest absolute Gasteiger partial charge is 0.236 e. The second-order valence-electron chi connectivity index (χ2n) is 6.93. The second-order valence-corrected chi connectivity index (χ2v) is 6.93. The van der Waals surface area contributed by atoms with Crippen molar-refractivity contribution in [2.24, 2.45) is 0 Å². The number of hydrogen-bond acceptors (Lipinski definition) is 6. The highest BCUT2D eigenvalue weighted by atomic mass is 16.5. The van der Waals surface area contributed by atoms with Crippen LogP contribution < -0.4 is 0 Å². The fourth-order valence-corrected chi connectivity index (χ4v) is 2.98. The van der Waals surface area contributed by atoms with Crippen LogP contribution in [-0.2, 0) is 19.1 Å². The second kappa shape index (κ2) is 13.0. The summed E-state index contributed by atoms with van der Waals surface area (Å²) in [7, 11) is 7.27. The van der Waals surface area contributed by atoms with E-state index >= 15 is 0 Å². The number of rotatable bonds is 12. The summed E-state index contributed by atoms with van der Waals surface area (Å²) in [5, 5.41) is 0. The number of hydrogen-bond donors (Lipinski definition) is 0. The van der Waals surface area contributed by atoms with E-state index in [-0.39, 0.29) is 11.8 Å². The van der Waals surface area contributed by atoms with Gasteiger partial charge in [0.1, 0.15) is 0 Å². The summed E-state index contributed by atoms with van der Waals surface area (Å²) in [4.78, 5) is 32.5. The van der Waals surface area contributed by atoms with Crippen LogP contribution in [-0.4, -0.2) is 125 Å². The Morgan fingerprint density at radius 1 is 0.769 bits per heavy atom. The van der Waals surface area contributed by atoms with Gasteiger partial charge < -0.3 is 19.3 Å². The van der Waals surface area contributed by atoms with Crippen molar-refractivity contribution in [3.63, 3.8) is 0 Å². The molecule has 1 rings (SSSR count). The summed E-state index contributed by atoms with van der Waals surface area (Å²) in [5.41, 5.74) is 0. The number of likely N-dealkylation sites (N-methyl/N-ethyl adjacent to an activating group) is 2. The molecule has 0 spiro atoms. The molecule has 8 nitrogen and oxygen atoms in total. The zero-order valence-electron chi connectivity index (χ0n) is 16.9. The molecule has 1 saturated heterocycles. The zero-order chi connectivity index (χ0) is 19.4. The monoisotopic (exact) mass is 372 g/mol. The Hall–Kier alpha value is -1.22. The van der Waals surface area contributed by atoms with Crippen molar-refractivity contribution in [1.82, 2.24) is 19.6 Å². The summed E-state index contributed by atoms with van der Waals surface area (Å²) in [6.07, 6.45) is 1.83. The number of amides is 2. The standard InChI is InChI=1S/C18H36N4O4/c1-19(7-5-13-25-3)15-17(23)21-9-11-22(12-10-21)18(24)16-20(2)8-6-14-26-4/h5-16H2,1-4H3. The quantitative estimate of drug-likeness (QED) is 0.434. The van der Waals surface area contributed by atoms with Gasteiger partial charge in [0.2, 0.25) is 11.8 Å². The van der Waals surface area contributed by atoms with E-state index in [9.17, 15) is 9.59 Å². The number of carbonyl (C=O) groups excluding carboxylic acids is 2. The van der Waals surface area contributed by atoms with Crippen molar-refractivity contribution in [2.45, 2.75) is 12.8 Å². The SMILES string of the molecule is COCCCN(C)CC(=O)N1CCN(C(=O)CN(C)CCCOC)CC1. The van der Waals surface area contributed by atoms with E-state index in [1.165, 1.54) is 0 Å². The molecule has 1 aliphatic rings. The van der Waals surface area contributed by atoms with Gasteiger partial charge in [0.15, 0.2) is 0 Å². The van der Waals surface area contributed by atoms with Crippen molar-refractivity contribution in [2.75, 3.05) is 93.9 Å². The average molecular weight is 373 g/mol. The Bertz CT molecular complexity index is 376. The highest BCUT2D eigenvalue weighted by molar-refractivity contribution is 5.80. The lowest BCUT2D eigenvalue weighted by molar-refractivity contribution is -0.140. The molecule has 1 fully saturated rings. The van der Waals surface area contributed by atoms with Crippen LogP contribution in [0.15, 0.2) is 0 Å². The van der Waals surface area contributed by atoms with Crippen molar-refractivity contribution >= 4 is 11.8 Å². The van der Waals surface area contributed by atoms with Gasteiger partial charge in [-0.3, -0.25) is 19.4 Å². The van der Waals surface area contributed by atoms with Gasteiger partial charge in [-0.1, -0.05) is 0 Å². The molecule has 0 aromatic rings. The Balaban J connectivity index is 2.26. The molecule has 0 saturated carbocycles. The van der Waals surface area contributed by atoms with Crippen LogP contribution in [0.3, 0.4) is 0 Å². The maximum atomic E-state index is 12.4. The first-order valence-electron chi connectivity index (χ1n) is 9.38. The Kier molecular flexibility index (Phi) is 11.4. The van der Waals surface area contributed by atoms with Gasteiger partial charge in [0.25, 0.3) is 0 Å². The van der Waals surface area contributed by atoms with Gasteiger partial charge in [0, 0.05) is 66.7 Å². The predicted octanol–water partition coefficient (Wildman–Crippen LogP) is -0.406. The van der Waals surface area contributed by atoms with Crippen LogP contribution in [0.4, 0.5) is 0 Å². The molecular formula is C18H36N4O4. The molecule has 0 aromatic heterocycles. The largest absolute Gasteiger partial charge is 0.385 e. The molecule has 1 aliphatic heterocycles. The van der Waals surface area contributed by atoms with Gasteiger partial charge in [0.05, 0.1) is 13.1 Å². The molecule has 0 aromatic carbocycles. The minimum absolute atomic E-state index is 0.133. The Labute approximate surface area is 158 Å². The van der Waals surface area contributed by atoms with Gasteiger partial charge in [-0.2, -0.15) is 0 Å². The molecule has 0 bridgehead atoms. The first kappa shape index (κ1) is 22.8. The van der Waals surface area contributed by atoms with Gasteiger partial charge in [-0.25, -0.2) is 0 Å². The van der Waals surface area contributed by atoms with Gasteiger partial charge in [-0.05, 0) is 26.9 Å². The third-order valence-corrected chi connectivity index (χ3v) is 4.57. The first-order valence-corrected chi connectivity index (χ1v) is 9.38. The Morgan fingerprint density at radius 2 is 1.12 bits per heavy atom. The van der Waals surface area contributed by atoms with Crippen LogP contribution in [0, 0.1) is 0 Å². The van der Waals surface area contributed by atoms with Crippen molar-refractivity contribution in [3.8, 4) is 0 Å². The van der Waals surface area contributed by atoms with Crippen LogP contribution in [0.1, 0.15) is 12.8 Å². The molecule has 0 atom stereocenters. The van der Waals surface area contributed by atoms with Gasteiger partial charge in [-0.15, -0.1) is 0 Å². The molecule has 0 N–H and O–H groups in total. The molecule has 0 radical (unpaired) electrons. The van der Waals surface area contributed by atoms with E-state index in [0.717, 1.165) is 25.9 Å². The predicted molar refractivity (Wildman–Crippen MR) is 101 cm³/mol. The third kappa shape index (κ3) is 8.93. The van der Waals surface area contributed by atoms with Crippen LogP contribution in [0.5, 0.6) is 0 Å². The normalized spacial score (nSPS) is 15.2. The van der Waals surface area contributed by atoms with E-state index < -0.39 is 0 Å². The summed E-state index contributed by atoms with van der Waals surface area (Å²) in [5.74, 6) is 0.266. The van der Waals surface area contributed by atoms with Crippen molar-refractivity contribution in [3.05, 3.63) is 0 Å². The number of methoxy groups -OCH3 is 2. The molecular weight excluding hydrogens is 336 g/mol. The fraction of sp³-hybridized carbons (Fsp3) is 0.889. The van der Waals surface area contributed by atoms with Crippen LogP contribution >= 0.6 is 0 Å². The highest BCUT2D eigenvalue weighted by Crippen LogP contribution is 2.05. The summed E-state index contributed by atoms with van der Waals surface area (Å²) >= 11 is 0. The zero-order valence-corrected chi connectivity index (χ0v) is 16.9. The van der Waals surface area contributed by atoms with E-state index in [1.54, 1.807) is 14.2 Å². The summed E-state index contributed by atoms with van der Waals surface area (Å²) in [6.45, 7) is 6.39. The van der Waals surface area contributed by atoms with E-state index in [1.807, 2.05) is 33.7 Å². The minimum atomic E-state index is 0.133. The number of ether oxygens (including phenoxy) is 2. The van der Waals surface area contributed by atoms with Gasteiger partial charge >= 0.3 is 0 Å². The molecule has 1 heterocycles. The topological polar surface area (TPSA) is 65.6 Å². The van der Waals surface area contributed by atoms with Crippen LogP contribution in [0.25, 0.3) is 0 Å². The average Bonchev–Trinajstić information content (AvgIpc) is 2.62. The van der Waals surface area contributed by atoms with E-state index in [0.29, 0.717) is 52.5 Å². The molecule has 152 valence electrons. The maximum absolute atomic E-state index is 12.4. The lowest BCUT2D eigenvalue weighted by Gasteiger charge is -2.36. The van der Waals surface area contributed by atoms with Crippen LogP contribution in [0.2, 0.25) is 0 Å².